The highest BCUT2D eigenvalue weighted by Crippen LogP contribution is 2.63. The summed E-state index contributed by atoms with van der Waals surface area (Å²) < 4.78 is 0. The van der Waals surface area contributed by atoms with Crippen LogP contribution < -0.4 is 9.80 Å². The third kappa shape index (κ3) is 2.99. The summed E-state index contributed by atoms with van der Waals surface area (Å²) in [6.45, 7) is 0.845. The number of anilines is 2. The van der Waals surface area contributed by atoms with E-state index in [1.54, 1.807) is 0 Å². The van der Waals surface area contributed by atoms with Gasteiger partial charge in [-0.3, -0.25) is 0 Å². The topological polar surface area (TPSA) is 6.48 Å². The van der Waals surface area contributed by atoms with Crippen molar-refractivity contribution in [2.45, 2.75) is 12.0 Å². The molecule has 180 valence electrons. The van der Waals surface area contributed by atoms with Crippen LogP contribution in [0.2, 0.25) is 0 Å². The summed E-state index contributed by atoms with van der Waals surface area (Å²) in [5.74, 6) is 0. The molecular formula is C35H30N2. The molecule has 2 nitrogen and oxygen atoms in total. The molecule has 1 spiro atoms. The molecule has 2 aliphatic carbocycles. The van der Waals surface area contributed by atoms with E-state index in [9.17, 15) is 0 Å². The van der Waals surface area contributed by atoms with E-state index in [2.05, 4.69) is 146 Å². The zero-order valence-corrected chi connectivity index (χ0v) is 21.6. The Bertz CT molecular complexity index is 1600. The highest BCUT2D eigenvalue weighted by molar-refractivity contribution is 5.95. The monoisotopic (exact) mass is 478 g/mol. The summed E-state index contributed by atoms with van der Waals surface area (Å²) in [5.41, 5.74) is 14.6. The number of fused-ring (bicyclic) bond motifs is 10. The normalized spacial score (nSPS) is 13.6. The van der Waals surface area contributed by atoms with Gasteiger partial charge in [0.15, 0.2) is 0 Å². The molecule has 2 aliphatic rings. The van der Waals surface area contributed by atoms with E-state index in [1.165, 1.54) is 61.4 Å². The van der Waals surface area contributed by atoms with Gasteiger partial charge in [0.05, 0.1) is 5.41 Å². The molecular weight excluding hydrogens is 448 g/mol. The standard InChI is InChI=1S/C35H30N2/c1-36(2)25-19-21-26(22-20-25)37(3)23-24-11-10-18-33-34(24)29-14-6-9-17-32(29)35(33)30-15-7-4-12-27(30)28-13-5-8-16-31(28)35/h4-22H,23H2,1-3H3. The molecule has 0 fully saturated rings. The molecule has 5 aromatic rings. The molecule has 0 saturated carbocycles. The molecule has 0 atom stereocenters. The second-order valence-corrected chi connectivity index (χ2v) is 10.5. The fourth-order valence-electron chi connectivity index (χ4n) is 6.70. The predicted molar refractivity (Wildman–Crippen MR) is 156 cm³/mol. The maximum absolute atomic E-state index is 2.36. The van der Waals surface area contributed by atoms with Gasteiger partial charge < -0.3 is 9.80 Å². The number of benzene rings is 5. The number of nitrogens with zero attached hydrogens (tertiary/aromatic N) is 2. The fourth-order valence-corrected chi connectivity index (χ4v) is 6.70. The smallest absolute Gasteiger partial charge is 0.0725 e. The van der Waals surface area contributed by atoms with Gasteiger partial charge in [0.2, 0.25) is 0 Å². The van der Waals surface area contributed by atoms with Crippen LogP contribution in [0.4, 0.5) is 11.4 Å². The molecule has 0 heterocycles. The van der Waals surface area contributed by atoms with E-state index in [4.69, 9.17) is 0 Å². The lowest BCUT2D eigenvalue weighted by Gasteiger charge is -2.30. The molecule has 7 rings (SSSR count). The molecule has 0 saturated heterocycles. The van der Waals surface area contributed by atoms with Crippen LogP contribution in [0.1, 0.15) is 27.8 Å². The molecule has 0 aliphatic heterocycles. The third-order valence-corrected chi connectivity index (χ3v) is 8.32. The van der Waals surface area contributed by atoms with Crippen molar-refractivity contribution in [3.05, 3.63) is 143 Å². The van der Waals surface area contributed by atoms with Gasteiger partial charge in [0.1, 0.15) is 0 Å². The zero-order chi connectivity index (χ0) is 25.1. The number of rotatable bonds is 4. The highest BCUT2D eigenvalue weighted by Gasteiger charge is 2.51. The quantitative estimate of drug-likeness (QED) is 0.255. The van der Waals surface area contributed by atoms with Gasteiger partial charge >= 0.3 is 0 Å². The minimum atomic E-state index is -0.277. The summed E-state index contributed by atoms with van der Waals surface area (Å²) in [4.78, 5) is 4.50. The number of hydrogen-bond acceptors (Lipinski definition) is 2. The lowest BCUT2D eigenvalue weighted by atomic mass is 9.70. The van der Waals surface area contributed by atoms with Crippen molar-refractivity contribution in [1.82, 2.24) is 0 Å². The van der Waals surface area contributed by atoms with Crippen molar-refractivity contribution < 1.29 is 0 Å². The maximum atomic E-state index is 2.36. The van der Waals surface area contributed by atoms with Crippen molar-refractivity contribution in [3.8, 4) is 22.3 Å². The Kier molecular flexibility index (Phi) is 4.81. The lowest BCUT2D eigenvalue weighted by Crippen LogP contribution is -2.26. The zero-order valence-electron chi connectivity index (χ0n) is 21.6. The SMILES string of the molecule is CN(C)c1ccc(N(C)Cc2cccc3c2-c2ccccc2C32c3ccccc3-c3ccccc32)cc1. The molecule has 37 heavy (non-hydrogen) atoms. The van der Waals surface area contributed by atoms with Crippen LogP contribution in [0.15, 0.2) is 115 Å². The molecule has 2 heteroatoms. The third-order valence-electron chi connectivity index (χ3n) is 8.32. The van der Waals surface area contributed by atoms with Crippen molar-refractivity contribution in [3.63, 3.8) is 0 Å². The van der Waals surface area contributed by atoms with Crippen LogP contribution in [0.25, 0.3) is 22.3 Å². The van der Waals surface area contributed by atoms with Gasteiger partial charge in [-0.05, 0) is 74.3 Å². The molecule has 5 aromatic carbocycles. The van der Waals surface area contributed by atoms with E-state index < -0.39 is 0 Å². The van der Waals surface area contributed by atoms with Gasteiger partial charge in [-0.2, -0.15) is 0 Å². The summed E-state index contributed by atoms with van der Waals surface area (Å²) in [6.07, 6.45) is 0. The van der Waals surface area contributed by atoms with Crippen LogP contribution in [-0.2, 0) is 12.0 Å². The van der Waals surface area contributed by atoms with Crippen LogP contribution in [-0.4, -0.2) is 21.1 Å². The Hall–Kier alpha value is -4.30. The first-order valence-corrected chi connectivity index (χ1v) is 13.0. The first kappa shape index (κ1) is 21.9. The van der Waals surface area contributed by atoms with Crippen molar-refractivity contribution in [2.24, 2.45) is 0 Å². The Morgan fingerprint density at radius 3 is 1.57 bits per heavy atom. The summed E-state index contributed by atoms with van der Waals surface area (Å²) in [7, 11) is 6.36. The summed E-state index contributed by atoms with van der Waals surface area (Å²) >= 11 is 0. The van der Waals surface area contributed by atoms with Gasteiger partial charge in [0, 0.05) is 39.1 Å². The van der Waals surface area contributed by atoms with E-state index in [0.29, 0.717) is 0 Å². The number of hydrogen-bond donors (Lipinski definition) is 0. The Morgan fingerprint density at radius 1 is 0.486 bits per heavy atom. The van der Waals surface area contributed by atoms with Gasteiger partial charge in [-0.15, -0.1) is 0 Å². The Balaban J connectivity index is 1.43. The Morgan fingerprint density at radius 2 is 0.973 bits per heavy atom. The summed E-state index contributed by atoms with van der Waals surface area (Å²) in [5, 5.41) is 0. The highest BCUT2D eigenvalue weighted by atomic mass is 15.1. The molecule has 0 bridgehead atoms. The van der Waals surface area contributed by atoms with Gasteiger partial charge in [-0.25, -0.2) is 0 Å². The minimum Gasteiger partial charge on any atom is -0.378 e. The fraction of sp³-hybridized carbons (Fsp3) is 0.143. The predicted octanol–water partition coefficient (Wildman–Crippen LogP) is 7.73. The molecule has 0 N–H and O–H groups in total. The van der Waals surface area contributed by atoms with Crippen LogP contribution in [0.3, 0.4) is 0 Å². The average molecular weight is 479 g/mol. The molecule has 0 unspecified atom stereocenters. The molecule has 0 radical (unpaired) electrons. The maximum Gasteiger partial charge on any atom is 0.0725 e. The first-order chi connectivity index (χ1) is 18.1. The Labute approximate surface area is 219 Å². The largest absolute Gasteiger partial charge is 0.378 e. The average Bonchev–Trinajstić information content (AvgIpc) is 3.41. The van der Waals surface area contributed by atoms with Crippen LogP contribution >= 0.6 is 0 Å². The van der Waals surface area contributed by atoms with Crippen LogP contribution in [0.5, 0.6) is 0 Å². The van der Waals surface area contributed by atoms with Crippen molar-refractivity contribution >= 4 is 11.4 Å². The first-order valence-electron chi connectivity index (χ1n) is 13.0. The second-order valence-electron chi connectivity index (χ2n) is 10.5. The minimum absolute atomic E-state index is 0.277. The van der Waals surface area contributed by atoms with E-state index in [-0.39, 0.29) is 5.41 Å². The van der Waals surface area contributed by atoms with Crippen molar-refractivity contribution in [2.75, 3.05) is 30.9 Å². The molecule has 0 amide bonds. The van der Waals surface area contributed by atoms with Gasteiger partial charge in [-0.1, -0.05) is 91.0 Å². The van der Waals surface area contributed by atoms with Crippen molar-refractivity contribution in [1.29, 1.82) is 0 Å². The van der Waals surface area contributed by atoms with Crippen LogP contribution in [0, 0.1) is 0 Å². The summed E-state index contributed by atoms with van der Waals surface area (Å²) in [6, 6.07) is 42.8. The lowest BCUT2D eigenvalue weighted by molar-refractivity contribution is 0.792. The van der Waals surface area contributed by atoms with E-state index in [1.807, 2.05) is 0 Å². The van der Waals surface area contributed by atoms with E-state index >= 15 is 0 Å². The molecule has 0 aromatic heterocycles. The van der Waals surface area contributed by atoms with Gasteiger partial charge in [0.25, 0.3) is 0 Å². The van der Waals surface area contributed by atoms with E-state index in [0.717, 1.165) is 6.54 Å². The second kappa shape index (κ2) is 8.11.